The number of fused-ring (bicyclic) bond motifs is 7. The molecule has 6 rings (SSSR count). The Balaban J connectivity index is 1.40. The van der Waals surface area contributed by atoms with Crippen LogP contribution in [0.25, 0.3) is 0 Å². The average Bonchev–Trinajstić information content (AvgIpc) is 3.34. The van der Waals surface area contributed by atoms with E-state index in [1.807, 2.05) is 41.5 Å². The van der Waals surface area contributed by atoms with Gasteiger partial charge in [0.05, 0.1) is 12.5 Å². The SMILES string of the molecule is CCC(C)C(=O)O[C@H]1C[C@@H]2[C@H](C[C@H]1C)C1=C(OC2(C)C)C(=O)c2c(cc(O)c3c2C[C@@H]2[C@@H](O)OC[C@]32C)C1=O. The number of esters is 1. The van der Waals surface area contributed by atoms with E-state index in [2.05, 4.69) is 0 Å². The zero-order valence-corrected chi connectivity index (χ0v) is 23.5. The predicted molar refractivity (Wildman–Crippen MR) is 140 cm³/mol. The number of phenols is 1. The number of ketones is 2. The molecule has 2 N–H and O–H groups in total. The number of aromatic hydroxyl groups is 1. The fourth-order valence-electron chi connectivity index (χ4n) is 7.91. The van der Waals surface area contributed by atoms with E-state index in [4.69, 9.17) is 14.2 Å². The van der Waals surface area contributed by atoms with Crippen LogP contribution in [0, 0.1) is 29.6 Å². The molecular formula is C31H38O8. The first kappa shape index (κ1) is 26.5. The van der Waals surface area contributed by atoms with Crippen LogP contribution in [0.15, 0.2) is 17.4 Å². The van der Waals surface area contributed by atoms with Gasteiger partial charge in [-0.15, -0.1) is 0 Å². The van der Waals surface area contributed by atoms with E-state index in [1.54, 1.807) is 0 Å². The molecule has 0 radical (unpaired) electrons. The lowest BCUT2D eigenvalue weighted by Crippen LogP contribution is -2.53. The quantitative estimate of drug-likeness (QED) is 0.549. The van der Waals surface area contributed by atoms with Crippen molar-refractivity contribution < 1.29 is 38.8 Å². The number of benzene rings is 1. The van der Waals surface area contributed by atoms with Gasteiger partial charge in [-0.05, 0) is 63.0 Å². The highest BCUT2D eigenvalue weighted by Gasteiger charge is 2.58. The van der Waals surface area contributed by atoms with Crippen molar-refractivity contribution in [2.45, 2.75) is 90.6 Å². The maximum atomic E-state index is 14.2. The molecule has 2 aliphatic heterocycles. The van der Waals surface area contributed by atoms with Crippen molar-refractivity contribution in [3.8, 4) is 5.75 Å². The lowest BCUT2D eigenvalue weighted by Gasteiger charge is -2.51. The van der Waals surface area contributed by atoms with E-state index in [0.29, 0.717) is 42.4 Å². The first-order chi connectivity index (χ1) is 18.3. The Labute approximate surface area is 228 Å². The Hall–Kier alpha value is -2.71. The fraction of sp³-hybridized carbons (Fsp3) is 0.645. The standard InChI is InChI=1S/C31H38O8/c1-7-13(2)28(35)38-21-11-18-15(8-14(21)3)23-25(33)17-10-20(32)24-16(9-19-29(36)37-12-31(19,24)6)22(17)26(34)27(23)39-30(18,4)5/h10,13-15,18-19,21,29,32,36H,7-9,11-12H2,1-6H3/t13?,14-,15+,18-,19-,21+,29+,31+/m1/s1. The van der Waals surface area contributed by atoms with Crippen molar-refractivity contribution in [3.05, 3.63) is 39.7 Å². The minimum atomic E-state index is -1.00. The zero-order valence-electron chi connectivity index (χ0n) is 23.5. The number of phenolic OH excluding ortho intramolecular Hbond substituents is 1. The Morgan fingerprint density at radius 3 is 2.59 bits per heavy atom. The van der Waals surface area contributed by atoms with Gasteiger partial charge in [-0.25, -0.2) is 0 Å². The van der Waals surface area contributed by atoms with Crippen LogP contribution >= 0.6 is 0 Å². The number of hydrogen-bond acceptors (Lipinski definition) is 8. The number of aliphatic hydroxyl groups is 1. The van der Waals surface area contributed by atoms with Gasteiger partial charge in [-0.3, -0.25) is 14.4 Å². The first-order valence-corrected chi connectivity index (χ1v) is 14.2. The molecule has 0 aromatic heterocycles. The molecule has 0 amide bonds. The van der Waals surface area contributed by atoms with Gasteiger partial charge in [0.25, 0.3) is 0 Å². The van der Waals surface area contributed by atoms with Crippen molar-refractivity contribution in [3.63, 3.8) is 0 Å². The molecule has 3 aliphatic carbocycles. The topological polar surface area (TPSA) is 119 Å². The van der Waals surface area contributed by atoms with Crippen molar-refractivity contribution >= 4 is 17.5 Å². The summed E-state index contributed by atoms with van der Waals surface area (Å²) in [7, 11) is 0. The molecule has 2 fully saturated rings. The van der Waals surface area contributed by atoms with Crippen LogP contribution in [-0.4, -0.2) is 52.4 Å². The molecule has 8 heteroatoms. The number of rotatable bonds is 3. The molecular weight excluding hydrogens is 500 g/mol. The molecule has 210 valence electrons. The molecule has 1 unspecified atom stereocenters. The summed E-state index contributed by atoms with van der Waals surface area (Å²) in [6.07, 6.45) is 0.874. The Bertz CT molecular complexity index is 1320. The van der Waals surface area contributed by atoms with E-state index in [1.165, 1.54) is 6.07 Å². The molecule has 8 nitrogen and oxygen atoms in total. The fourth-order valence-corrected chi connectivity index (χ4v) is 7.91. The number of allylic oxidation sites excluding steroid dienone is 2. The minimum absolute atomic E-state index is 0.000408. The molecule has 1 saturated heterocycles. The van der Waals surface area contributed by atoms with Crippen molar-refractivity contribution in [2.75, 3.05) is 6.61 Å². The normalized spacial score (nSPS) is 36.8. The molecule has 0 bridgehead atoms. The molecule has 1 saturated carbocycles. The second-order valence-electron chi connectivity index (χ2n) is 13.2. The summed E-state index contributed by atoms with van der Waals surface area (Å²) in [4.78, 5) is 40.9. The van der Waals surface area contributed by atoms with Gasteiger partial charge >= 0.3 is 5.97 Å². The maximum absolute atomic E-state index is 14.2. The summed E-state index contributed by atoms with van der Waals surface area (Å²) in [5, 5.41) is 21.6. The number of Topliss-reactive ketones (excluding diaryl/α,β-unsaturated/α-hetero) is 2. The Morgan fingerprint density at radius 2 is 1.90 bits per heavy atom. The highest BCUT2D eigenvalue weighted by Crippen LogP contribution is 2.57. The number of carbonyl (C=O) groups is 3. The third kappa shape index (κ3) is 3.60. The highest BCUT2D eigenvalue weighted by molar-refractivity contribution is 6.27. The summed E-state index contributed by atoms with van der Waals surface area (Å²) in [5.41, 5.74) is 0.652. The maximum Gasteiger partial charge on any atom is 0.308 e. The Morgan fingerprint density at radius 1 is 1.18 bits per heavy atom. The van der Waals surface area contributed by atoms with E-state index in [9.17, 15) is 24.6 Å². The number of ether oxygens (including phenoxy) is 3. The van der Waals surface area contributed by atoms with Crippen molar-refractivity contribution in [1.82, 2.24) is 0 Å². The minimum Gasteiger partial charge on any atom is -0.508 e. The van der Waals surface area contributed by atoms with Crippen LogP contribution in [-0.2, 0) is 30.8 Å². The number of aliphatic hydroxyl groups excluding tert-OH is 1. The van der Waals surface area contributed by atoms with Gasteiger partial charge in [0.15, 0.2) is 17.8 Å². The lowest BCUT2D eigenvalue weighted by molar-refractivity contribution is -0.165. The largest absolute Gasteiger partial charge is 0.508 e. The van der Waals surface area contributed by atoms with E-state index in [-0.39, 0.29) is 82.5 Å². The van der Waals surface area contributed by atoms with E-state index < -0.39 is 17.3 Å². The third-order valence-electron chi connectivity index (χ3n) is 10.4. The average molecular weight is 539 g/mol. The number of hydrogen-bond donors (Lipinski definition) is 2. The summed E-state index contributed by atoms with van der Waals surface area (Å²) >= 11 is 0. The van der Waals surface area contributed by atoms with Crippen molar-refractivity contribution in [2.24, 2.45) is 29.6 Å². The van der Waals surface area contributed by atoms with Crippen LogP contribution in [0.1, 0.15) is 92.6 Å². The molecule has 39 heavy (non-hydrogen) atoms. The smallest absolute Gasteiger partial charge is 0.308 e. The van der Waals surface area contributed by atoms with Gasteiger partial charge in [-0.2, -0.15) is 0 Å². The monoisotopic (exact) mass is 538 g/mol. The third-order valence-corrected chi connectivity index (χ3v) is 10.4. The lowest BCUT2D eigenvalue weighted by atomic mass is 9.61. The molecule has 5 aliphatic rings. The molecule has 2 heterocycles. The zero-order chi connectivity index (χ0) is 28.2. The van der Waals surface area contributed by atoms with Crippen molar-refractivity contribution in [1.29, 1.82) is 0 Å². The van der Waals surface area contributed by atoms with Crippen LogP contribution in [0.4, 0.5) is 0 Å². The first-order valence-electron chi connectivity index (χ1n) is 14.2. The Kier molecular flexibility index (Phi) is 5.87. The van der Waals surface area contributed by atoms with Crippen LogP contribution in [0.3, 0.4) is 0 Å². The predicted octanol–water partition coefficient (Wildman–Crippen LogP) is 4.23. The van der Waals surface area contributed by atoms with Gasteiger partial charge in [0.1, 0.15) is 17.5 Å². The number of carbonyl (C=O) groups excluding carboxylic acids is 3. The van der Waals surface area contributed by atoms with Gasteiger partial charge in [0, 0.05) is 39.5 Å². The van der Waals surface area contributed by atoms with E-state index in [0.717, 1.165) is 0 Å². The molecule has 1 aromatic carbocycles. The van der Waals surface area contributed by atoms with Gasteiger partial charge in [-0.1, -0.05) is 27.7 Å². The molecule has 8 atom stereocenters. The van der Waals surface area contributed by atoms with E-state index >= 15 is 0 Å². The van der Waals surface area contributed by atoms with Gasteiger partial charge < -0.3 is 24.4 Å². The summed E-state index contributed by atoms with van der Waals surface area (Å²) < 4.78 is 17.8. The molecule has 1 aromatic rings. The summed E-state index contributed by atoms with van der Waals surface area (Å²) in [6, 6.07) is 1.42. The molecule has 0 spiro atoms. The summed E-state index contributed by atoms with van der Waals surface area (Å²) in [6.45, 7) is 11.9. The second kappa shape index (κ2) is 8.64. The highest BCUT2D eigenvalue weighted by atomic mass is 16.6. The van der Waals surface area contributed by atoms with Gasteiger partial charge in [0.2, 0.25) is 5.78 Å². The second-order valence-corrected chi connectivity index (χ2v) is 13.2. The van der Waals surface area contributed by atoms with Crippen LogP contribution in [0.2, 0.25) is 0 Å². The summed E-state index contributed by atoms with van der Waals surface area (Å²) in [5.74, 6) is -1.63. The van der Waals surface area contributed by atoms with Crippen LogP contribution in [0.5, 0.6) is 5.75 Å². The van der Waals surface area contributed by atoms with Crippen LogP contribution < -0.4 is 0 Å².